The van der Waals surface area contributed by atoms with Gasteiger partial charge in [0, 0.05) is 24.9 Å². The second-order valence-corrected chi connectivity index (χ2v) is 7.26. The van der Waals surface area contributed by atoms with Crippen LogP contribution in [0.15, 0.2) is 42.5 Å². The Hall–Kier alpha value is -1.43. The molecule has 1 heterocycles. The average molecular weight is 404 g/mol. The molecule has 1 N–H and O–H groups in total. The van der Waals surface area contributed by atoms with Crippen molar-refractivity contribution in [2.24, 2.45) is 5.92 Å². The summed E-state index contributed by atoms with van der Waals surface area (Å²) in [4.78, 5) is 0. The maximum absolute atomic E-state index is 12.7. The molecule has 0 aromatic heterocycles. The van der Waals surface area contributed by atoms with Crippen LogP contribution in [0.3, 0.4) is 0 Å². The molecule has 0 spiro atoms. The topological polar surface area (TPSA) is 21.3 Å². The smallest absolute Gasteiger partial charge is 0.416 e. The van der Waals surface area contributed by atoms with Crippen LogP contribution < -0.4 is 10.1 Å². The Bertz CT molecular complexity index is 764. The van der Waals surface area contributed by atoms with Gasteiger partial charge in [0.05, 0.1) is 15.6 Å². The van der Waals surface area contributed by atoms with E-state index in [1.165, 1.54) is 12.1 Å². The lowest BCUT2D eigenvalue weighted by Gasteiger charge is -2.26. The van der Waals surface area contributed by atoms with E-state index in [9.17, 15) is 13.2 Å². The number of ether oxygens (including phenoxy) is 1. The van der Waals surface area contributed by atoms with E-state index in [4.69, 9.17) is 27.9 Å². The summed E-state index contributed by atoms with van der Waals surface area (Å²) in [5, 5.41) is 4.36. The lowest BCUT2D eigenvalue weighted by atomic mass is 9.85. The van der Waals surface area contributed by atoms with E-state index >= 15 is 0 Å². The van der Waals surface area contributed by atoms with Crippen molar-refractivity contribution in [1.29, 1.82) is 0 Å². The minimum absolute atomic E-state index is 0.162. The number of rotatable bonds is 4. The van der Waals surface area contributed by atoms with E-state index in [-0.39, 0.29) is 17.9 Å². The van der Waals surface area contributed by atoms with Gasteiger partial charge < -0.3 is 10.1 Å². The average Bonchev–Trinajstić information content (AvgIpc) is 3.07. The van der Waals surface area contributed by atoms with Gasteiger partial charge in [0.25, 0.3) is 0 Å². The molecule has 1 aliphatic heterocycles. The van der Waals surface area contributed by atoms with Crippen LogP contribution in [0.4, 0.5) is 13.2 Å². The molecule has 140 valence electrons. The highest BCUT2D eigenvalue weighted by molar-refractivity contribution is 6.42. The van der Waals surface area contributed by atoms with Gasteiger partial charge in [-0.2, -0.15) is 13.2 Å². The van der Waals surface area contributed by atoms with Gasteiger partial charge in [-0.05, 0) is 48.9 Å². The third-order valence-corrected chi connectivity index (χ3v) is 5.48. The molecule has 26 heavy (non-hydrogen) atoms. The molecule has 0 radical (unpaired) electrons. The first-order valence-electron chi connectivity index (χ1n) is 8.25. The molecule has 0 bridgehead atoms. The quantitative estimate of drug-likeness (QED) is 0.697. The predicted molar refractivity (Wildman–Crippen MR) is 97.1 cm³/mol. The van der Waals surface area contributed by atoms with Crippen LogP contribution in [0.5, 0.6) is 5.75 Å². The minimum atomic E-state index is -4.35. The molecule has 3 atom stereocenters. The highest BCUT2D eigenvalue weighted by Crippen LogP contribution is 2.36. The Labute approximate surface area is 160 Å². The largest absolute Gasteiger partial charge is 0.490 e. The predicted octanol–water partition coefficient (Wildman–Crippen LogP) is 5.78. The van der Waals surface area contributed by atoms with Gasteiger partial charge in [0.2, 0.25) is 0 Å². The number of hydrogen-bond donors (Lipinski definition) is 1. The van der Waals surface area contributed by atoms with Crippen molar-refractivity contribution < 1.29 is 17.9 Å². The number of alkyl halides is 3. The molecular weight excluding hydrogens is 386 g/mol. The fourth-order valence-corrected chi connectivity index (χ4v) is 3.63. The van der Waals surface area contributed by atoms with Gasteiger partial charge in [-0.1, -0.05) is 29.3 Å². The number of benzene rings is 2. The highest BCUT2D eigenvalue weighted by Gasteiger charge is 2.34. The van der Waals surface area contributed by atoms with Crippen molar-refractivity contribution in [3.63, 3.8) is 0 Å². The van der Waals surface area contributed by atoms with Gasteiger partial charge >= 0.3 is 6.18 Å². The molecule has 1 saturated heterocycles. The normalized spacial score (nSPS) is 21.6. The van der Waals surface area contributed by atoms with Gasteiger partial charge in [-0.25, -0.2) is 0 Å². The van der Waals surface area contributed by atoms with Crippen LogP contribution in [0, 0.1) is 5.92 Å². The van der Waals surface area contributed by atoms with Crippen molar-refractivity contribution in [2.75, 3.05) is 13.1 Å². The van der Waals surface area contributed by atoms with E-state index in [1.54, 1.807) is 6.07 Å². The van der Waals surface area contributed by atoms with Gasteiger partial charge in [-0.15, -0.1) is 0 Å². The summed E-state index contributed by atoms with van der Waals surface area (Å²) in [7, 11) is 0. The molecule has 3 rings (SSSR count). The molecule has 7 heteroatoms. The first-order valence-corrected chi connectivity index (χ1v) is 9.01. The summed E-state index contributed by atoms with van der Waals surface area (Å²) < 4.78 is 43.9. The van der Waals surface area contributed by atoms with Crippen molar-refractivity contribution >= 4 is 23.2 Å². The molecule has 2 aromatic rings. The van der Waals surface area contributed by atoms with Crippen molar-refractivity contribution in [1.82, 2.24) is 5.32 Å². The summed E-state index contributed by atoms with van der Waals surface area (Å²) in [6.07, 6.45) is -4.53. The van der Waals surface area contributed by atoms with Crippen LogP contribution in [0.25, 0.3) is 0 Å². The summed E-state index contributed by atoms with van der Waals surface area (Å²) in [5.74, 6) is 0.772. The first kappa shape index (κ1) is 19.3. The maximum atomic E-state index is 12.7. The highest BCUT2D eigenvalue weighted by atomic mass is 35.5. The summed E-state index contributed by atoms with van der Waals surface area (Å²) in [6, 6.07) is 10.4. The monoisotopic (exact) mass is 403 g/mol. The molecule has 1 unspecified atom stereocenters. The van der Waals surface area contributed by atoms with Crippen molar-refractivity contribution in [2.45, 2.75) is 25.1 Å². The first-order chi connectivity index (χ1) is 12.3. The Morgan fingerprint density at radius 3 is 2.35 bits per heavy atom. The van der Waals surface area contributed by atoms with Crippen LogP contribution in [0.1, 0.15) is 24.0 Å². The molecule has 1 fully saturated rings. The molecule has 0 aliphatic carbocycles. The number of hydrogen-bond acceptors (Lipinski definition) is 2. The van der Waals surface area contributed by atoms with E-state index in [0.29, 0.717) is 15.8 Å². The molecule has 1 aliphatic rings. The molecule has 2 aromatic carbocycles. The summed E-state index contributed by atoms with van der Waals surface area (Å²) in [6.45, 7) is 3.47. The zero-order chi connectivity index (χ0) is 18.9. The van der Waals surface area contributed by atoms with E-state index in [2.05, 4.69) is 5.32 Å². The van der Waals surface area contributed by atoms with Crippen LogP contribution in [0.2, 0.25) is 10.0 Å². The SMILES string of the molecule is C[C@@H](Oc1ccc(C(F)(F)F)cc1)C1CNC[C@H]1c1ccc(Cl)c(Cl)c1. The molecular formula is C19H18Cl2F3NO. The molecule has 0 amide bonds. The third kappa shape index (κ3) is 4.27. The Balaban J connectivity index is 1.72. The lowest BCUT2D eigenvalue weighted by molar-refractivity contribution is -0.137. The molecule has 0 saturated carbocycles. The Morgan fingerprint density at radius 2 is 1.73 bits per heavy atom. The number of nitrogens with one attached hydrogen (secondary N) is 1. The third-order valence-electron chi connectivity index (χ3n) is 4.74. The minimum Gasteiger partial charge on any atom is -0.490 e. The zero-order valence-corrected chi connectivity index (χ0v) is 15.5. The fourth-order valence-electron chi connectivity index (χ4n) is 3.32. The molecule has 2 nitrogen and oxygen atoms in total. The van der Waals surface area contributed by atoms with E-state index in [1.807, 2.05) is 19.1 Å². The van der Waals surface area contributed by atoms with Crippen LogP contribution in [-0.4, -0.2) is 19.2 Å². The van der Waals surface area contributed by atoms with Crippen LogP contribution in [-0.2, 0) is 6.18 Å². The second kappa shape index (κ2) is 7.67. The fraction of sp³-hybridized carbons (Fsp3) is 0.368. The summed E-state index contributed by atoms with van der Waals surface area (Å²) in [5.41, 5.74) is 0.381. The summed E-state index contributed by atoms with van der Waals surface area (Å²) >= 11 is 12.1. The van der Waals surface area contributed by atoms with Gasteiger partial charge in [-0.3, -0.25) is 0 Å². The number of halogens is 5. The van der Waals surface area contributed by atoms with E-state index < -0.39 is 11.7 Å². The van der Waals surface area contributed by atoms with Gasteiger partial charge in [0.1, 0.15) is 11.9 Å². The zero-order valence-electron chi connectivity index (χ0n) is 14.0. The standard InChI is InChI=1S/C19H18Cl2F3NO/c1-11(26-14-5-3-13(4-6-14)19(22,23)24)15-9-25-10-16(15)12-2-7-17(20)18(21)8-12/h2-8,11,15-16,25H,9-10H2,1H3/t11-,15?,16+/m1/s1. The van der Waals surface area contributed by atoms with Gasteiger partial charge in [0.15, 0.2) is 0 Å². The van der Waals surface area contributed by atoms with Crippen LogP contribution >= 0.6 is 23.2 Å². The van der Waals surface area contributed by atoms with E-state index in [0.717, 1.165) is 30.8 Å². The Morgan fingerprint density at radius 1 is 1.04 bits per heavy atom. The van der Waals surface area contributed by atoms with Crippen molar-refractivity contribution in [3.8, 4) is 5.75 Å². The van der Waals surface area contributed by atoms with Crippen molar-refractivity contribution in [3.05, 3.63) is 63.6 Å². The maximum Gasteiger partial charge on any atom is 0.416 e. The lowest BCUT2D eigenvalue weighted by Crippen LogP contribution is -2.29. The second-order valence-electron chi connectivity index (χ2n) is 6.45. The Kier molecular flexibility index (Phi) is 5.70.